The number of hydrogen-bond acceptors (Lipinski definition) is 2. The van der Waals surface area contributed by atoms with Crippen molar-refractivity contribution in [3.63, 3.8) is 0 Å². The molecule has 1 heterocycles. The van der Waals surface area contributed by atoms with Crippen molar-refractivity contribution in [2.24, 2.45) is 18.0 Å². The number of hydrogen-bond donors (Lipinski definition) is 0. The number of rotatable bonds is 4. The molecule has 3 rings (SSSR count). The van der Waals surface area contributed by atoms with Gasteiger partial charge in [-0.15, -0.1) is 0 Å². The van der Waals surface area contributed by atoms with Crippen LogP contribution < -0.4 is 5.49 Å². The van der Waals surface area contributed by atoms with E-state index in [1.54, 1.807) is 6.07 Å². The summed E-state index contributed by atoms with van der Waals surface area (Å²) in [6, 6.07) is 4.11. The molecule has 27 heavy (non-hydrogen) atoms. The van der Waals surface area contributed by atoms with Gasteiger partial charge in [-0.3, -0.25) is 19.0 Å². The molecule has 0 unspecified atom stereocenters. The van der Waals surface area contributed by atoms with E-state index < -0.39 is 23.3 Å². The molecule has 0 saturated heterocycles. The highest BCUT2D eigenvalue weighted by atomic mass is 19.1. The number of nitrogens with zero attached hydrogens (tertiary/aromatic N) is 3. The van der Waals surface area contributed by atoms with Crippen molar-refractivity contribution < 1.29 is 18.4 Å². The average Bonchev–Trinajstić information content (AvgIpc) is 3.31. The van der Waals surface area contributed by atoms with Gasteiger partial charge in [0, 0.05) is 42.4 Å². The Bertz CT molecular complexity index is 956. The largest absolute Gasteiger partial charge is 0.320 e. The molecule has 0 radical (unpaired) electrons. The van der Waals surface area contributed by atoms with E-state index in [1.807, 2.05) is 16.4 Å². The number of carbonyl (C=O) groups excluding carboxylic acids is 2. The predicted molar refractivity (Wildman–Crippen MR) is 96.1 cm³/mol. The van der Waals surface area contributed by atoms with Crippen LogP contribution in [0.25, 0.3) is 0 Å². The maximum Gasteiger partial charge on any atom is 0.320 e. The zero-order chi connectivity index (χ0) is 19.9. The van der Waals surface area contributed by atoms with Crippen molar-refractivity contribution in [2.75, 3.05) is 0 Å². The van der Waals surface area contributed by atoms with Gasteiger partial charge in [-0.1, -0.05) is 20.8 Å². The fourth-order valence-electron chi connectivity index (χ4n) is 3.09. The topological polar surface area (TPSA) is 56.4 Å². The van der Waals surface area contributed by atoms with Crippen LogP contribution >= 0.6 is 0 Å². The lowest BCUT2D eigenvalue weighted by Crippen LogP contribution is -2.27. The fourth-order valence-corrected chi connectivity index (χ4v) is 3.09. The van der Waals surface area contributed by atoms with Crippen molar-refractivity contribution in [1.29, 1.82) is 0 Å². The summed E-state index contributed by atoms with van der Waals surface area (Å²) in [4.78, 5) is 28.7. The predicted octanol–water partition coefficient (Wildman–Crippen LogP) is 3.12. The Balaban J connectivity index is 2.02. The fraction of sp³-hybridized carbons (Fsp3) is 0.450. The van der Waals surface area contributed by atoms with Crippen LogP contribution in [0.5, 0.6) is 0 Å². The van der Waals surface area contributed by atoms with Crippen molar-refractivity contribution in [2.45, 2.75) is 45.6 Å². The van der Waals surface area contributed by atoms with E-state index in [4.69, 9.17) is 0 Å². The van der Waals surface area contributed by atoms with E-state index in [9.17, 15) is 18.4 Å². The maximum absolute atomic E-state index is 13.3. The van der Waals surface area contributed by atoms with Crippen molar-refractivity contribution >= 4 is 11.7 Å². The molecule has 0 bridgehead atoms. The molecule has 0 N–H and O–H groups in total. The van der Waals surface area contributed by atoms with Gasteiger partial charge in [0.05, 0.1) is 0 Å². The van der Waals surface area contributed by atoms with Gasteiger partial charge in [0.25, 0.3) is 5.78 Å². The summed E-state index contributed by atoms with van der Waals surface area (Å²) in [5, 5.41) is 0. The molecule has 1 aliphatic rings. The first-order valence-electron chi connectivity index (χ1n) is 8.93. The summed E-state index contributed by atoms with van der Waals surface area (Å²) in [6.45, 7) is 6.86. The van der Waals surface area contributed by atoms with Crippen LogP contribution in [0.3, 0.4) is 0 Å². The van der Waals surface area contributed by atoms with E-state index in [-0.39, 0.29) is 11.0 Å². The molecule has 1 saturated carbocycles. The highest BCUT2D eigenvalue weighted by molar-refractivity contribution is 6.43. The smallest absolute Gasteiger partial charge is 0.291 e. The van der Waals surface area contributed by atoms with Gasteiger partial charge in [0.15, 0.2) is 5.49 Å². The van der Waals surface area contributed by atoms with Crippen LogP contribution in [0.15, 0.2) is 29.3 Å². The Hall–Kier alpha value is -2.57. The van der Waals surface area contributed by atoms with Crippen LogP contribution in [0.1, 0.15) is 49.7 Å². The lowest BCUT2D eigenvalue weighted by molar-refractivity contribution is -0.114. The molecule has 1 amide bonds. The van der Waals surface area contributed by atoms with Crippen LogP contribution in [-0.4, -0.2) is 21.1 Å². The Kier molecular flexibility index (Phi) is 4.88. The first kappa shape index (κ1) is 19.2. The molecule has 1 aromatic heterocycles. The molecule has 0 atom stereocenters. The highest BCUT2D eigenvalue weighted by Gasteiger charge is 2.26. The second-order valence-electron chi connectivity index (χ2n) is 8.09. The minimum absolute atomic E-state index is 0.174. The van der Waals surface area contributed by atoms with Gasteiger partial charge in [0.1, 0.15) is 11.6 Å². The van der Waals surface area contributed by atoms with Crippen LogP contribution in [-0.2, 0) is 23.8 Å². The number of benzene rings is 1. The summed E-state index contributed by atoms with van der Waals surface area (Å²) in [7, 11) is 1.90. The number of ketones is 1. The molecule has 7 heteroatoms. The highest BCUT2D eigenvalue weighted by Crippen LogP contribution is 2.30. The number of carbonyl (C=O) groups is 2. The first-order valence-corrected chi connectivity index (χ1v) is 8.93. The van der Waals surface area contributed by atoms with Gasteiger partial charge >= 0.3 is 5.91 Å². The number of halogens is 2. The minimum Gasteiger partial charge on any atom is -0.291 e. The Morgan fingerprint density at radius 3 is 2.22 bits per heavy atom. The molecule has 5 nitrogen and oxygen atoms in total. The molecule has 144 valence electrons. The second-order valence-corrected chi connectivity index (χ2v) is 8.09. The summed E-state index contributed by atoms with van der Waals surface area (Å²) in [5.74, 6) is -3.37. The van der Waals surface area contributed by atoms with Crippen molar-refractivity contribution in [3.8, 4) is 0 Å². The zero-order valence-electron chi connectivity index (χ0n) is 15.9. The third-order valence-electron chi connectivity index (χ3n) is 4.67. The molecule has 1 aromatic carbocycles. The molecule has 2 aromatic rings. The van der Waals surface area contributed by atoms with Gasteiger partial charge < -0.3 is 0 Å². The Morgan fingerprint density at radius 2 is 1.70 bits per heavy atom. The zero-order valence-corrected chi connectivity index (χ0v) is 15.9. The van der Waals surface area contributed by atoms with E-state index in [1.165, 1.54) is 0 Å². The van der Waals surface area contributed by atoms with Crippen molar-refractivity contribution in [3.05, 3.63) is 52.6 Å². The molecular weight excluding hydrogens is 352 g/mol. The van der Waals surface area contributed by atoms with E-state index in [0.717, 1.165) is 30.7 Å². The molecule has 0 aliphatic heterocycles. The van der Waals surface area contributed by atoms with Crippen molar-refractivity contribution in [1.82, 2.24) is 9.36 Å². The second kappa shape index (κ2) is 6.87. The van der Waals surface area contributed by atoms with Gasteiger partial charge in [0.2, 0.25) is 0 Å². The van der Waals surface area contributed by atoms with E-state index >= 15 is 0 Å². The number of Topliss-reactive ketones (excluding diaryl/α,β-unsaturated/α-hetero) is 1. The van der Waals surface area contributed by atoms with Crippen LogP contribution in [0.2, 0.25) is 0 Å². The quantitative estimate of drug-likeness (QED) is 0.609. The minimum atomic E-state index is -1.05. The summed E-state index contributed by atoms with van der Waals surface area (Å²) >= 11 is 0. The Labute approximate surface area is 156 Å². The maximum atomic E-state index is 13.3. The normalized spacial score (nSPS) is 15.3. The lowest BCUT2D eigenvalue weighted by atomic mass is 9.92. The summed E-state index contributed by atoms with van der Waals surface area (Å²) in [6.07, 6.45) is 2.25. The average molecular weight is 375 g/mol. The SMILES string of the molecule is Cn1c(C(C)(C)C)cc(=NC(=O)C(=O)c2cc(F)cc(F)c2)n1CC1CC1. The van der Waals surface area contributed by atoms with Gasteiger partial charge in [-0.25, -0.2) is 8.78 Å². The number of aromatic nitrogens is 2. The van der Waals surface area contributed by atoms with Gasteiger partial charge in [-0.05, 0) is 30.9 Å². The Morgan fingerprint density at radius 1 is 1.11 bits per heavy atom. The molecule has 1 aliphatic carbocycles. The molecule has 1 fully saturated rings. The van der Waals surface area contributed by atoms with E-state index in [2.05, 4.69) is 25.8 Å². The van der Waals surface area contributed by atoms with Gasteiger partial charge in [-0.2, -0.15) is 4.99 Å². The third-order valence-corrected chi connectivity index (χ3v) is 4.67. The standard InChI is InChI=1S/C20H23F2N3O2/c1-20(2,3)16-10-17(25(24(16)4)11-12-5-6-12)23-19(27)18(26)13-7-14(21)9-15(22)8-13/h7-10,12H,5-6,11H2,1-4H3. The van der Waals surface area contributed by atoms with Crippen LogP contribution in [0.4, 0.5) is 8.78 Å². The monoisotopic (exact) mass is 375 g/mol. The molecular formula is C20H23F2N3O2. The summed E-state index contributed by atoms with van der Waals surface area (Å²) in [5.41, 5.74) is 0.831. The van der Waals surface area contributed by atoms with E-state index in [0.29, 0.717) is 24.0 Å². The lowest BCUT2D eigenvalue weighted by Gasteiger charge is -2.20. The third kappa shape index (κ3) is 4.23. The molecule has 0 spiro atoms. The van der Waals surface area contributed by atoms with Crippen LogP contribution in [0, 0.1) is 17.6 Å². The summed E-state index contributed by atoms with van der Waals surface area (Å²) < 4.78 is 30.5. The number of amides is 1. The first-order chi connectivity index (χ1) is 12.6.